The minimum atomic E-state index is 0.0544. The van der Waals surface area contributed by atoms with Gasteiger partial charge in [0.25, 0.3) is 0 Å². The Morgan fingerprint density at radius 2 is 1.94 bits per heavy atom. The zero-order chi connectivity index (χ0) is 13.8. The average Bonchev–Trinajstić information content (AvgIpc) is 2.49. The largest absolute Gasteiger partial charge is 0.354 e. The molecule has 0 aromatic rings. The summed E-state index contributed by atoms with van der Waals surface area (Å²) in [7, 11) is 2.34. The Bertz CT molecular complexity index is 315. The molecule has 3 nitrogen and oxygen atoms in total. The van der Waals surface area contributed by atoms with Crippen molar-refractivity contribution in [2.75, 3.05) is 0 Å². The number of carbonyl (C=O) groups is 2. The minimum absolute atomic E-state index is 0.0544. The topological polar surface area (TPSA) is 46.2 Å². The van der Waals surface area contributed by atoms with Gasteiger partial charge in [0.1, 0.15) is 13.1 Å². The molecule has 1 radical (unpaired) electrons. The van der Waals surface area contributed by atoms with Gasteiger partial charge in [0.15, 0.2) is 0 Å². The Morgan fingerprint density at radius 3 is 2.50 bits per heavy atom. The van der Waals surface area contributed by atoms with Crippen molar-refractivity contribution in [3.8, 4) is 0 Å². The molecule has 101 valence electrons. The van der Waals surface area contributed by atoms with Gasteiger partial charge in [-0.2, -0.15) is 0 Å². The second-order valence-electron chi connectivity index (χ2n) is 6.10. The fraction of sp³-hybridized carbons (Fsp3) is 0.857. The van der Waals surface area contributed by atoms with Crippen LogP contribution < -0.4 is 5.32 Å². The first-order chi connectivity index (χ1) is 8.34. The molecular weight excluding hydrogens is 225 g/mol. The number of nitrogens with one attached hydrogen (secondary N) is 1. The summed E-state index contributed by atoms with van der Waals surface area (Å²) in [5.41, 5.74) is 0.127. The Kier molecular flexibility index (Phi) is 5.42. The number of carbonyl (C=O) groups excluding carboxylic acids is 2. The second kappa shape index (κ2) is 6.39. The van der Waals surface area contributed by atoms with Gasteiger partial charge in [0, 0.05) is 19.4 Å². The molecule has 1 aliphatic heterocycles. The van der Waals surface area contributed by atoms with Crippen molar-refractivity contribution in [1.82, 2.24) is 5.32 Å². The van der Waals surface area contributed by atoms with Crippen molar-refractivity contribution < 1.29 is 9.59 Å². The van der Waals surface area contributed by atoms with E-state index in [0.717, 1.165) is 25.6 Å². The molecule has 0 aromatic carbocycles. The molecule has 1 fully saturated rings. The molecule has 2 atom stereocenters. The van der Waals surface area contributed by atoms with E-state index in [0.29, 0.717) is 12.2 Å². The number of rotatable bonds is 6. The van der Waals surface area contributed by atoms with Gasteiger partial charge in [0.05, 0.1) is 0 Å². The standard InChI is InChI=1S/C14H25BNO2/c1-10(17)7-5-6-8-12-14(3,4)13(9-15-12)16-11(2)18/h12-13H,5-9H2,1-4H3,(H,16,18)/t12-,13?/m1/s1. The lowest BCUT2D eigenvalue weighted by Gasteiger charge is -2.34. The van der Waals surface area contributed by atoms with E-state index < -0.39 is 0 Å². The molecular formula is C14H25BNO2. The zero-order valence-corrected chi connectivity index (χ0v) is 12.1. The second-order valence-corrected chi connectivity index (χ2v) is 6.10. The molecule has 0 spiro atoms. The minimum Gasteiger partial charge on any atom is -0.354 e. The zero-order valence-electron chi connectivity index (χ0n) is 12.1. The van der Waals surface area contributed by atoms with E-state index in [1.54, 1.807) is 13.8 Å². The van der Waals surface area contributed by atoms with Gasteiger partial charge in [-0.25, -0.2) is 0 Å². The third kappa shape index (κ3) is 4.15. The molecule has 0 aliphatic carbocycles. The summed E-state index contributed by atoms with van der Waals surface area (Å²) < 4.78 is 0. The first-order valence-corrected chi connectivity index (χ1v) is 6.94. The lowest BCUT2D eigenvalue weighted by Crippen LogP contribution is -2.41. The van der Waals surface area contributed by atoms with E-state index in [1.165, 1.54) is 0 Å². The molecule has 4 heteroatoms. The maximum atomic E-state index is 11.2. The van der Waals surface area contributed by atoms with Crippen LogP contribution in [0.15, 0.2) is 0 Å². The average molecular weight is 250 g/mol. The van der Waals surface area contributed by atoms with Gasteiger partial charge < -0.3 is 10.1 Å². The summed E-state index contributed by atoms with van der Waals surface area (Å²) in [6.07, 6.45) is 4.86. The van der Waals surface area contributed by atoms with Crippen LogP contribution >= 0.6 is 0 Å². The molecule has 1 aliphatic rings. The van der Waals surface area contributed by atoms with Gasteiger partial charge in [-0.1, -0.05) is 38.8 Å². The summed E-state index contributed by atoms with van der Waals surface area (Å²) in [5, 5.41) is 3.05. The summed E-state index contributed by atoms with van der Waals surface area (Å²) in [4.78, 5) is 22.1. The van der Waals surface area contributed by atoms with Gasteiger partial charge in [-0.05, 0) is 18.8 Å². The molecule has 1 heterocycles. The van der Waals surface area contributed by atoms with Crippen LogP contribution in [0.5, 0.6) is 0 Å². The monoisotopic (exact) mass is 250 g/mol. The highest BCUT2D eigenvalue weighted by molar-refractivity contribution is 6.39. The normalized spacial score (nSPS) is 25.6. The Balaban J connectivity index is 2.39. The molecule has 1 amide bonds. The smallest absolute Gasteiger partial charge is 0.217 e. The maximum absolute atomic E-state index is 11.2. The number of ketones is 1. The molecule has 18 heavy (non-hydrogen) atoms. The summed E-state index contributed by atoms with van der Waals surface area (Å²) >= 11 is 0. The van der Waals surface area contributed by atoms with E-state index in [4.69, 9.17) is 0 Å². The fourth-order valence-corrected chi connectivity index (χ4v) is 2.88. The summed E-state index contributed by atoms with van der Waals surface area (Å²) in [5.74, 6) is 0.876. The summed E-state index contributed by atoms with van der Waals surface area (Å²) in [6, 6.07) is 0.257. The molecule has 1 unspecified atom stereocenters. The van der Waals surface area contributed by atoms with Crippen LogP contribution in [0, 0.1) is 5.41 Å². The Hall–Kier alpha value is -0.795. The highest BCUT2D eigenvalue weighted by Gasteiger charge is 2.42. The number of hydrogen-bond acceptors (Lipinski definition) is 2. The van der Waals surface area contributed by atoms with Crippen molar-refractivity contribution in [3.63, 3.8) is 0 Å². The number of hydrogen-bond donors (Lipinski definition) is 1. The van der Waals surface area contributed by atoms with E-state index in [-0.39, 0.29) is 23.1 Å². The molecule has 0 saturated carbocycles. The van der Waals surface area contributed by atoms with Crippen molar-refractivity contribution in [2.45, 2.75) is 71.6 Å². The van der Waals surface area contributed by atoms with Crippen LogP contribution in [-0.2, 0) is 9.59 Å². The quantitative estimate of drug-likeness (QED) is 0.581. The van der Waals surface area contributed by atoms with Gasteiger partial charge >= 0.3 is 0 Å². The SMILES string of the molecule is CC(=O)CCCC[C@H]1[B]CC(NC(C)=O)C1(C)C. The van der Waals surface area contributed by atoms with Crippen molar-refractivity contribution >= 4 is 19.0 Å². The van der Waals surface area contributed by atoms with Gasteiger partial charge in [-0.3, -0.25) is 4.79 Å². The van der Waals surface area contributed by atoms with Crippen molar-refractivity contribution in [2.24, 2.45) is 5.41 Å². The van der Waals surface area contributed by atoms with Crippen LogP contribution in [0.1, 0.15) is 53.4 Å². The molecule has 1 rings (SSSR count). The third-order valence-corrected chi connectivity index (χ3v) is 4.18. The predicted molar refractivity (Wildman–Crippen MR) is 74.8 cm³/mol. The fourth-order valence-electron chi connectivity index (χ4n) is 2.88. The molecule has 0 bridgehead atoms. The van der Waals surface area contributed by atoms with Gasteiger partial charge in [-0.15, -0.1) is 0 Å². The molecule has 1 N–H and O–H groups in total. The van der Waals surface area contributed by atoms with Crippen LogP contribution in [0.25, 0.3) is 0 Å². The predicted octanol–water partition coefficient (Wildman–Crippen LogP) is 2.59. The van der Waals surface area contributed by atoms with E-state index in [9.17, 15) is 9.59 Å². The van der Waals surface area contributed by atoms with Crippen molar-refractivity contribution in [3.05, 3.63) is 0 Å². The van der Waals surface area contributed by atoms with Gasteiger partial charge in [0.2, 0.25) is 5.91 Å². The molecule has 1 saturated heterocycles. The maximum Gasteiger partial charge on any atom is 0.217 e. The first kappa shape index (κ1) is 15.3. The molecule has 0 aromatic heterocycles. The number of unbranched alkanes of at least 4 members (excludes halogenated alkanes) is 1. The number of Topliss-reactive ketones (excluding diaryl/α,β-unsaturated/α-hetero) is 1. The highest BCUT2D eigenvalue weighted by Crippen LogP contribution is 2.46. The Labute approximate surface area is 111 Å². The lowest BCUT2D eigenvalue weighted by atomic mass is 9.59. The number of amides is 1. The van der Waals surface area contributed by atoms with E-state index in [1.807, 2.05) is 0 Å². The summed E-state index contributed by atoms with van der Waals surface area (Å²) in [6.45, 7) is 7.69. The van der Waals surface area contributed by atoms with E-state index >= 15 is 0 Å². The van der Waals surface area contributed by atoms with E-state index in [2.05, 4.69) is 26.4 Å². The van der Waals surface area contributed by atoms with Crippen LogP contribution in [0.2, 0.25) is 12.1 Å². The lowest BCUT2D eigenvalue weighted by molar-refractivity contribution is -0.120. The Morgan fingerprint density at radius 1 is 1.28 bits per heavy atom. The third-order valence-electron chi connectivity index (χ3n) is 4.18. The van der Waals surface area contributed by atoms with Crippen LogP contribution in [0.4, 0.5) is 0 Å². The highest BCUT2D eigenvalue weighted by atomic mass is 16.1. The van der Waals surface area contributed by atoms with Crippen LogP contribution in [-0.4, -0.2) is 25.0 Å². The first-order valence-electron chi connectivity index (χ1n) is 6.94. The van der Waals surface area contributed by atoms with Crippen LogP contribution in [0.3, 0.4) is 0 Å². The van der Waals surface area contributed by atoms with Crippen molar-refractivity contribution in [1.29, 1.82) is 0 Å².